The molecular formula is C8H13NO2. The molecule has 1 aliphatic heterocycles. The summed E-state index contributed by atoms with van der Waals surface area (Å²) in [7, 11) is 1.66. The van der Waals surface area contributed by atoms with E-state index >= 15 is 0 Å². The Morgan fingerprint density at radius 1 is 1.64 bits per heavy atom. The van der Waals surface area contributed by atoms with Crippen LogP contribution in [0.2, 0.25) is 0 Å². The molecule has 0 saturated carbocycles. The first-order valence-electron chi connectivity index (χ1n) is 3.67. The van der Waals surface area contributed by atoms with Gasteiger partial charge in [0.15, 0.2) is 0 Å². The summed E-state index contributed by atoms with van der Waals surface area (Å²) >= 11 is 0. The summed E-state index contributed by atoms with van der Waals surface area (Å²) in [5.74, 6) is 0.918. The number of hydrogen-bond acceptors (Lipinski definition) is 3. The second-order valence-electron chi connectivity index (χ2n) is 2.17. The Balaban J connectivity index is 2.41. The molecular weight excluding hydrogens is 142 g/mol. The van der Waals surface area contributed by atoms with Crippen LogP contribution in [0.4, 0.5) is 0 Å². The molecule has 0 aliphatic carbocycles. The van der Waals surface area contributed by atoms with E-state index in [2.05, 4.69) is 0 Å². The van der Waals surface area contributed by atoms with Gasteiger partial charge in [0.25, 0.3) is 0 Å². The number of rotatable bonds is 3. The monoisotopic (exact) mass is 155 g/mol. The van der Waals surface area contributed by atoms with E-state index in [-0.39, 0.29) is 0 Å². The van der Waals surface area contributed by atoms with Crippen LogP contribution < -0.4 is 0 Å². The van der Waals surface area contributed by atoms with Crippen molar-refractivity contribution < 1.29 is 9.57 Å². The molecule has 0 fully saturated rings. The molecule has 0 radical (unpaired) electrons. The molecule has 1 heterocycles. The van der Waals surface area contributed by atoms with Crippen LogP contribution in [0.1, 0.15) is 6.92 Å². The molecule has 0 aromatic carbocycles. The first-order valence-corrected chi connectivity index (χ1v) is 3.67. The van der Waals surface area contributed by atoms with Crippen LogP contribution >= 0.6 is 0 Å². The number of allylic oxidation sites excluding steroid dienone is 2. The smallest absolute Gasteiger partial charge is 0.117 e. The molecule has 0 spiro atoms. The minimum Gasteiger partial charge on any atom is -0.499 e. The van der Waals surface area contributed by atoms with Gasteiger partial charge in [-0.1, -0.05) is 0 Å². The molecule has 3 nitrogen and oxygen atoms in total. The molecule has 1 rings (SSSR count). The van der Waals surface area contributed by atoms with E-state index in [1.165, 1.54) is 0 Å². The quantitative estimate of drug-likeness (QED) is 0.613. The van der Waals surface area contributed by atoms with Crippen LogP contribution in [0, 0.1) is 0 Å². The van der Waals surface area contributed by atoms with Crippen LogP contribution in [0.15, 0.2) is 24.1 Å². The number of nitrogens with zero attached hydrogens (tertiary/aromatic N) is 1. The average molecular weight is 155 g/mol. The Morgan fingerprint density at radius 3 is 3.09 bits per heavy atom. The van der Waals surface area contributed by atoms with Gasteiger partial charge in [-0.25, -0.2) is 0 Å². The van der Waals surface area contributed by atoms with Gasteiger partial charge in [-0.2, -0.15) is 0 Å². The van der Waals surface area contributed by atoms with Crippen LogP contribution in [0.5, 0.6) is 0 Å². The van der Waals surface area contributed by atoms with Crippen molar-refractivity contribution in [3.63, 3.8) is 0 Å². The second-order valence-corrected chi connectivity index (χ2v) is 2.17. The zero-order valence-electron chi connectivity index (χ0n) is 6.91. The highest BCUT2D eigenvalue weighted by atomic mass is 16.7. The highest BCUT2D eigenvalue weighted by Gasteiger charge is 2.06. The molecule has 62 valence electrons. The van der Waals surface area contributed by atoms with Crippen LogP contribution in [-0.4, -0.2) is 25.3 Å². The normalized spacial score (nSPS) is 16.5. The van der Waals surface area contributed by atoms with Crippen molar-refractivity contribution in [2.75, 3.05) is 20.3 Å². The van der Waals surface area contributed by atoms with Crippen molar-refractivity contribution in [2.24, 2.45) is 0 Å². The van der Waals surface area contributed by atoms with E-state index < -0.39 is 0 Å². The molecule has 0 unspecified atom stereocenters. The van der Waals surface area contributed by atoms with Gasteiger partial charge >= 0.3 is 0 Å². The van der Waals surface area contributed by atoms with Crippen LogP contribution in [-0.2, 0) is 9.57 Å². The number of methoxy groups -OCH3 is 1. The molecule has 3 heteroatoms. The maximum Gasteiger partial charge on any atom is 0.117 e. The summed E-state index contributed by atoms with van der Waals surface area (Å²) in [6, 6.07) is 0. The first kappa shape index (κ1) is 8.14. The molecule has 0 N–H and O–H groups in total. The standard InChI is InChI=1S/C8H13NO2/c1-3-11-9-6-4-5-8(7-9)10-2/h4-6H,3,7H2,1-2H3. The summed E-state index contributed by atoms with van der Waals surface area (Å²) in [5, 5.41) is 1.75. The van der Waals surface area contributed by atoms with Crippen molar-refractivity contribution in [3.8, 4) is 0 Å². The lowest BCUT2D eigenvalue weighted by Gasteiger charge is -2.21. The molecule has 0 atom stereocenters. The van der Waals surface area contributed by atoms with Gasteiger partial charge in [0, 0.05) is 6.20 Å². The predicted molar refractivity (Wildman–Crippen MR) is 42.6 cm³/mol. The maximum absolute atomic E-state index is 5.24. The lowest BCUT2D eigenvalue weighted by Crippen LogP contribution is -2.22. The summed E-state index contributed by atoms with van der Waals surface area (Å²) < 4.78 is 5.06. The summed E-state index contributed by atoms with van der Waals surface area (Å²) in [4.78, 5) is 5.24. The summed E-state index contributed by atoms with van der Waals surface area (Å²) in [6.45, 7) is 3.33. The first-order chi connectivity index (χ1) is 5.36. The van der Waals surface area contributed by atoms with Gasteiger partial charge in [-0.15, -0.1) is 0 Å². The van der Waals surface area contributed by atoms with Gasteiger partial charge < -0.3 is 4.74 Å². The van der Waals surface area contributed by atoms with Gasteiger partial charge in [0.05, 0.1) is 13.7 Å². The molecule has 0 aromatic heterocycles. The topological polar surface area (TPSA) is 21.7 Å². The average Bonchev–Trinajstić information content (AvgIpc) is 2.06. The van der Waals surface area contributed by atoms with E-state index in [1.807, 2.05) is 25.3 Å². The maximum atomic E-state index is 5.24. The van der Waals surface area contributed by atoms with Gasteiger partial charge in [0.2, 0.25) is 0 Å². The lowest BCUT2D eigenvalue weighted by atomic mass is 10.3. The lowest BCUT2D eigenvalue weighted by molar-refractivity contribution is -0.115. The Bertz CT molecular complexity index is 175. The molecule has 0 amide bonds. The van der Waals surface area contributed by atoms with Crippen molar-refractivity contribution >= 4 is 0 Å². The van der Waals surface area contributed by atoms with Crippen molar-refractivity contribution in [1.29, 1.82) is 0 Å². The molecule has 1 aliphatic rings. The highest BCUT2D eigenvalue weighted by molar-refractivity contribution is 5.12. The summed E-state index contributed by atoms with van der Waals surface area (Å²) in [5.41, 5.74) is 0. The second kappa shape index (κ2) is 4.03. The SMILES string of the molecule is CCON1C=CC=C(OC)C1. The fourth-order valence-corrected chi connectivity index (χ4v) is 0.892. The molecule has 0 bridgehead atoms. The van der Waals surface area contributed by atoms with Crippen molar-refractivity contribution in [1.82, 2.24) is 5.06 Å². The van der Waals surface area contributed by atoms with E-state index in [9.17, 15) is 0 Å². The van der Waals surface area contributed by atoms with Crippen molar-refractivity contribution in [3.05, 3.63) is 24.1 Å². The number of hydroxylamine groups is 2. The fourth-order valence-electron chi connectivity index (χ4n) is 0.892. The predicted octanol–water partition coefficient (Wildman–Crippen LogP) is 1.30. The minimum absolute atomic E-state index is 0.682. The zero-order chi connectivity index (χ0) is 8.10. The Labute approximate surface area is 66.8 Å². The Morgan fingerprint density at radius 2 is 2.45 bits per heavy atom. The zero-order valence-corrected chi connectivity index (χ0v) is 6.91. The highest BCUT2D eigenvalue weighted by Crippen LogP contribution is 2.07. The molecule has 0 aromatic rings. The number of hydrogen-bond donors (Lipinski definition) is 0. The third-order valence-corrected chi connectivity index (χ3v) is 1.40. The fraction of sp³-hybridized carbons (Fsp3) is 0.500. The van der Waals surface area contributed by atoms with E-state index in [0.717, 1.165) is 5.76 Å². The third-order valence-electron chi connectivity index (χ3n) is 1.40. The van der Waals surface area contributed by atoms with Gasteiger partial charge in [-0.3, -0.25) is 9.90 Å². The largest absolute Gasteiger partial charge is 0.499 e. The van der Waals surface area contributed by atoms with Crippen molar-refractivity contribution in [2.45, 2.75) is 6.92 Å². The van der Waals surface area contributed by atoms with Gasteiger partial charge in [-0.05, 0) is 19.1 Å². The number of ether oxygens (including phenoxy) is 1. The van der Waals surface area contributed by atoms with Crippen LogP contribution in [0.25, 0.3) is 0 Å². The van der Waals surface area contributed by atoms with E-state index in [0.29, 0.717) is 13.2 Å². The molecule has 0 saturated heterocycles. The van der Waals surface area contributed by atoms with Gasteiger partial charge in [0.1, 0.15) is 12.3 Å². The van der Waals surface area contributed by atoms with E-state index in [4.69, 9.17) is 9.57 Å². The summed E-state index contributed by atoms with van der Waals surface area (Å²) in [6.07, 6.45) is 5.71. The van der Waals surface area contributed by atoms with E-state index in [1.54, 1.807) is 12.2 Å². The minimum atomic E-state index is 0.682. The third kappa shape index (κ3) is 2.27. The van der Waals surface area contributed by atoms with Crippen LogP contribution in [0.3, 0.4) is 0 Å². The Kier molecular flexibility index (Phi) is 2.98. The molecule has 11 heavy (non-hydrogen) atoms. The Hall–Kier alpha value is -0.960.